The average molecular weight is 219 g/mol. The van der Waals surface area contributed by atoms with E-state index in [2.05, 4.69) is 25.1 Å². The van der Waals surface area contributed by atoms with Crippen LogP contribution in [0.5, 0.6) is 5.75 Å². The summed E-state index contributed by atoms with van der Waals surface area (Å²) in [6, 6.07) is 6.60. The molecule has 16 heavy (non-hydrogen) atoms. The van der Waals surface area contributed by atoms with Gasteiger partial charge in [0.2, 0.25) is 0 Å². The third-order valence-corrected chi connectivity index (χ3v) is 3.95. The van der Waals surface area contributed by atoms with Crippen molar-refractivity contribution in [3.8, 4) is 5.75 Å². The Hall–Kier alpha value is -1.02. The molecule has 1 fully saturated rings. The molecule has 0 aromatic heterocycles. The number of methoxy groups -OCH3 is 1. The number of hydrogen-bond acceptors (Lipinski definition) is 2. The summed E-state index contributed by atoms with van der Waals surface area (Å²) in [6.07, 6.45) is 4.97. The second-order valence-corrected chi connectivity index (χ2v) is 4.86. The van der Waals surface area contributed by atoms with Crippen molar-refractivity contribution in [2.45, 2.75) is 38.0 Å². The zero-order valence-corrected chi connectivity index (χ0v) is 10.3. The highest BCUT2D eigenvalue weighted by Crippen LogP contribution is 2.47. The van der Waals surface area contributed by atoms with Crippen LogP contribution in [0.15, 0.2) is 18.2 Å². The molecule has 1 aromatic rings. The molecular formula is C14H21NO. The minimum absolute atomic E-state index is 0.343. The quantitative estimate of drug-likeness (QED) is 0.845. The second-order valence-electron chi connectivity index (χ2n) is 4.86. The maximum Gasteiger partial charge on any atom is 0.122 e. The molecule has 1 aliphatic rings. The first kappa shape index (κ1) is 11.5. The monoisotopic (exact) mass is 219 g/mol. The Balaban J connectivity index is 2.31. The van der Waals surface area contributed by atoms with Crippen LogP contribution in [0.25, 0.3) is 0 Å². The maximum atomic E-state index is 5.73. The van der Waals surface area contributed by atoms with Crippen molar-refractivity contribution in [1.29, 1.82) is 0 Å². The van der Waals surface area contributed by atoms with Gasteiger partial charge in [0, 0.05) is 0 Å². The highest BCUT2D eigenvalue weighted by atomic mass is 16.5. The molecule has 0 saturated heterocycles. The molecule has 88 valence electrons. The molecule has 0 spiro atoms. The van der Waals surface area contributed by atoms with Gasteiger partial charge in [0.1, 0.15) is 5.75 Å². The number of rotatable bonds is 4. The molecule has 1 aliphatic carbocycles. The largest absolute Gasteiger partial charge is 0.496 e. The Labute approximate surface area is 97.8 Å². The molecule has 0 aliphatic heterocycles. The molecule has 0 radical (unpaired) electrons. The zero-order valence-electron chi connectivity index (χ0n) is 10.3. The van der Waals surface area contributed by atoms with E-state index in [1.165, 1.54) is 30.4 Å². The molecule has 2 nitrogen and oxygen atoms in total. The van der Waals surface area contributed by atoms with E-state index >= 15 is 0 Å². The summed E-state index contributed by atoms with van der Waals surface area (Å²) < 4.78 is 5.40. The van der Waals surface area contributed by atoms with Crippen LogP contribution in [0, 0.1) is 6.92 Å². The van der Waals surface area contributed by atoms with Crippen molar-refractivity contribution in [2.75, 3.05) is 13.7 Å². The highest BCUT2D eigenvalue weighted by Gasteiger charge is 2.37. The third kappa shape index (κ3) is 1.82. The standard InChI is InChI=1S/C14H21NO/c1-11-4-5-12(10-13(11)16-2)14(8-9-15)6-3-7-14/h4-5,10H,3,6-9,15H2,1-2H3. The number of aryl methyl sites for hydroxylation is 1. The Morgan fingerprint density at radius 2 is 2.12 bits per heavy atom. The lowest BCUT2D eigenvalue weighted by Crippen LogP contribution is -2.36. The van der Waals surface area contributed by atoms with Crippen molar-refractivity contribution >= 4 is 0 Å². The lowest BCUT2D eigenvalue weighted by molar-refractivity contribution is 0.228. The van der Waals surface area contributed by atoms with Crippen LogP contribution < -0.4 is 10.5 Å². The molecule has 2 heteroatoms. The van der Waals surface area contributed by atoms with Crippen LogP contribution in [0.2, 0.25) is 0 Å². The van der Waals surface area contributed by atoms with E-state index in [0.29, 0.717) is 5.41 Å². The van der Waals surface area contributed by atoms with Gasteiger partial charge in [0.15, 0.2) is 0 Å². The van der Waals surface area contributed by atoms with E-state index in [4.69, 9.17) is 10.5 Å². The Kier molecular flexibility index (Phi) is 3.20. The molecule has 1 aromatic carbocycles. The first-order valence-corrected chi connectivity index (χ1v) is 6.07. The minimum atomic E-state index is 0.343. The van der Waals surface area contributed by atoms with Crippen molar-refractivity contribution in [3.05, 3.63) is 29.3 Å². The van der Waals surface area contributed by atoms with Gasteiger partial charge < -0.3 is 10.5 Å². The number of benzene rings is 1. The summed E-state index contributed by atoms with van der Waals surface area (Å²) in [4.78, 5) is 0. The average Bonchev–Trinajstić information content (AvgIpc) is 2.24. The highest BCUT2D eigenvalue weighted by molar-refractivity contribution is 5.40. The Morgan fingerprint density at radius 3 is 2.62 bits per heavy atom. The fourth-order valence-corrected chi connectivity index (χ4v) is 2.71. The SMILES string of the molecule is COc1cc(C2(CCN)CCC2)ccc1C. The third-order valence-electron chi connectivity index (χ3n) is 3.95. The molecule has 2 rings (SSSR count). The van der Waals surface area contributed by atoms with Gasteiger partial charge in [-0.25, -0.2) is 0 Å². The summed E-state index contributed by atoms with van der Waals surface area (Å²) in [5, 5.41) is 0. The van der Waals surface area contributed by atoms with Gasteiger partial charge in [-0.1, -0.05) is 18.6 Å². The number of nitrogens with two attached hydrogens (primary N) is 1. The van der Waals surface area contributed by atoms with Crippen molar-refractivity contribution in [2.24, 2.45) is 5.73 Å². The zero-order chi connectivity index (χ0) is 11.6. The van der Waals surface area contributed by atoms with Crippen LogP contribution in [0.1, 0.15) is 36.8 Å². The van der Waals surface area contributed by atoms with E-state index in [9.17, 15) is 0 Å². The molecule has 0 amide bonds. The molecule has 0 unspecified atom stereocenters. The van der Waals surface area contributed by atoms with Gasteiger partial charge in [0.05, 0.1) is 7.11 Å². The van der Waals surface area contributed by atoms with Crippen LogP contribution >= 0.6 is 0 Å². The van der Waals surface area contributed by atoms with Crippen LogP contribution in [-0.2, 0) is 5.41 Å². The van der Waals surface area contributed by atoms with E-state index in [0.717, 1.165) is 18.7 Å². The van der Waals surface area contributed by atoms with E-state index < -0.39 is 0 Å². The predicted molar refractivity (Wildman–Crippen MR) is 66.9 cm³/mol. The lowest BCUT2D eigenvalue weighted by atomic mass is 9.62. The maximum absolute atomic E-state index is 5.73. The van der Waals surface area contributed by atoms with Crippen molar-refractivity contribution in [1.82, 2.24) is 0 Å². The van der Waals surface area contributed by atoms with Crippen LogP contribution in [0.4, 0.5) is 0 Å². The van der Waals surface area contributed by atoms with E-state index in [1.54, 1.807) is 7.11 Å². The Morgan fingerprint density at radius 1 is 1.38 bits per heavy atom. The first-order valence-electron chi connectivity index (χ1n) is 6.07. The van der Waals surface area contributed by atoms with Crippen molar-refractivity contribution in [3.63, 3.8) is 0 Å². The summed E-state index contributed by atoms with van der Waals surface area (Å²) in [5.41, 5.74) is 8.68. The van der Waals surface area contributed by atoms with Gasteiger partial charge in [-0.2, -0.15) is 0 Å². The molecule has 0 bridgehead atoms. The Bertz CT molecular complexity index is 369. The van der Waals surface area contributed by atoms with Crippen molar-refractivity contribution < 1.29 is 4.74 Å². The molecule has 1 saturated carbocycles. The smallest absolute Gasteiger partial charge is 0.122 e. The minimum Gasteiger partial charge on any atom is -0.496 e. The predicted octanol–water partition coefficient (Wildman–Crippen LogP) is 2.77. The normalized spacial score (nSPS) is 17.9. The summed E-state index contributed by atoms with van der Waals surface area (Å²) in [5.74, 6) is 1.00. The van der Waals surface area contributed by atoms with Crippen LogP contribution in [-0.4, -0.2) is 13.7 Å². The van der Waals surface area contributed by atoms with Gasteiger partial charge in [-0.05, 0) is 55.3 Å². The summed E-state index contributed by atoms with van der Waals surface area (Å²) in [7, 11) is 1.74. The molecule has 2 N–H and O–H groups in total. The number of hydrogen-bond donors (Lipinski definition) is 1. The topological polar surface area (TPSA) is 35.2 Å². The lowest BCUT2D eigenvalue weighted by Gasteiger charge is -2.42. The second kappa shape index (κ2) is 4.46. The van der Waals surface area contributed by atoms with Gasteiger partial charge in [0.25, 0.3) is 0 Å². The summed E-state index contributed by atoms with van der Waals surface area (Å²) in [6.45, 7) is 2.86. The first-order chi connectivity index (χ1) is 7.72. The van der Waals surface area contributed by atoms with Crippen LogP contribution in [0.3, 0.4) is 0 Å². The molecule has 0 atom stereocenters. The molecule has 0 heterocycles. The fourth-order valence-electron chi connectivity index (χ4n) is 2.71. The summed E-state index contributed by atoms with van der Waals surface area (Å²) >= 11 is 0. The van der Waals surface area contributed by atoms with E-state index in [-0.39, 0.29) is 0 Å². The fraction of sp³-hybridized carbons (Fsp3) is 0.571. The van der Waals surface area contributed by atoms with E-state index in [1.807, 2.05) is 0 Å². The number of ether oxygens (including phenoxy) is 1. The van der Waals surface area contributed by atoms with Gasteiger partial charge in [-0.3, -0.25) is 0 Å². The van der Waals surface area contributed by atoms with Gasteiger partial charge >= 0.3 is 0 Å². The molecular weight excluding hydrogens is 198 g/mol. The van der Waals surface area contributed by atoms with Gasteiger partial charge in [-0.15, -0.1) is 0 Å².